The Kier molecular flexibility index (Phi) is 7.78. The lowest BCUT2D eigenvalue weighted by molar-refractivity contribution is 0.272. The van der Waals surface area contributed by atoms with Crippen LogP contribution in [-0.2, 0) is 6.54 Å². The van der Waals surface area contributed by atoms with Crippen LogP contribution in [0.4, 0.5) is 0 Å². The molecular weight excluding hydrogens is 373 g/mol. The minimum atomic E-state index is 0. The molecule has 0 radical (unpaired) electrons. The Bertz CT molecular complexity index is 617. The van der Waals surface area contributed by atoms with Crippen molar-refractivity contribution in [3.05, 3.63) is 40.4 Å². The van der Waals surface area contributed by atoms with Crippen molar-refractivity contribution in [1.82, 2.24) is 9.88 Å². The molecule has 1 aromatic carbocycles. The van der Waals surface area contributed by atoms with E-state index in [9.17, 15) is 0 Å². The van der Waals surface area contributed by atoms with Gasteiger partial charge in [0.2, 0.25) is 0 Å². The molecule has 23 heavy (non-hydrogen) atoms. The summed E-state index contributed by atoms with van der Waals surface area (Å²) in [6.07, 6.45) is 1.18. The summed E-state index contributed by atoms with van der Waals surface area (Å²) in [4.78, 5) is 7.20. The maximum absolute atomic E-state index is 5.92. The smallest absolute Gasteiger partial charge is 0.123 e. The summed E-state index contributed by atoms with van der Waals surface area (Å²) in [7, 11) is 0. The second-order valence-corrected chi connectivity index (χ2v) is 7.42. The van der Waals surface area contributed by atoms with Gasteiger partial charge in [-0.15, -0.1) is 36.2 Å². The number of nitrogens with two attached hydrogens (primary N) is 1. The zero-order valence-corrected chi connectivity index (χ0v) is 16.2. The summed E-state index contributed by atoms with van der Waals surface area (Å²) in [5.74, 6) is 0. The first-order chi connectivity index (χ1) is 10.1. The van der Waals surface area contributed by atoms with Crippen molar-refractivity contribution in [2.75, 3.05) is 19.6 Å². The molecule has 3 nitrogen and oxygen atoms in total. The monoisotopic (exact) mass is 393 g/mol. The molecule has 128 valence electrons. The Morgan fingerprint density at radius 3 is 2.61 bits per heavy atom. The highest BCUT2D eigenvalue weighted by Gasteiger charge is 2.32. The molecule has 1 saturated heterocycles. The van der Waals surface area contributed by atoms with Crippen LogP contribution in [0, 0.1) is 5.41 Å². The molecule has 1 unspecified atom stereocenters. The van der Waals surface area contributed by atoms with Crippen LogP contribution in [-0.4, -0.2) is 29.5 Å². The van der Waals surface area contributed by atoms with E-state index in [2.05, 4.69) is 17.2 Å². The summed E-state index contributed by atoms with van der Waals surface area (Å²) in [5.41, 5.74) is 8.41. The van der Waals surface area contributed by atoms with Crippen molar-refractivity contribution in [3.8, 4) is 10.6 Å². The maximum atomic E-state index is 5.92. The number of hydrogen-bond acceptors (Lipinski definition) is 4. The second-order valence-electron chi connectivity index (χ2n) is 6.13. The number of likely N-dealkylation sites (tertiary alicyclic amines) is 1. The summed E-state index contributed by atoms with van der Waals surface area (Å²) in [6.45, 7) is 6.13. The van der Waals surface area contributed by atoms with Gasteiger partial charge in [-0.3, -0.25) is 4.90 Å². The molecule has 2 heterocycles. The molecule has 0 saturated carbocycles. The summed E-state index contributed by atoms with van der Waals surface area (Å²) >= 11 is 7.62. The first kappa shape index (κ1) is 20.7. The SMILES string of the molecule is CC1(CN)CCN(Cc2csc(-c3ccc(Cl)cc3)n2)C1.Cl.Cl. The predicted octanol–water partition coefficient (Wildman–Crippen LogP) is 4.48. The van der Waals surface area contributed by atoms with Gasteiger partial charge in [0, 0.05) is 29.1 Å². The van der Waals surface area contributed by atoms with Crippen LogP contribution in [0.2, 0.25) is 5.02 Å². The topological polar surface area (TPSA) is 42.1 Å². The van der Waals surface area contributed by atoms with Crippen molar-refractivity contribution in [3.63, 3.8) is 0 Å². The zero-order chi connectivity index (χ0) is 14.9. The van der Waals surface area contributed by atoms with E-state index < -0.39 is 0 Å². The fraction of sp³-hybridized carbons (Fsp3) is 0.438. The summed E-state index contributed by atoms with van der Waals surface area (Å²) in [5, 5.41) is 3.97. The summed E-state index contributed by atoms with van der Waals surface area (Å²) < 4.78 is 0. The van der Waals surface area contributed by atoms with Gasteiger partial charge >= 0.3 is 0 Å². The molecule has 0 bridgehead atoms. The Labute approximate surface area is 159 Å². The molecular formula is C16H22Cl3N3S. The maximum Gasteiger partial charge on any atom is 0.123 e. The van der Waals surface area contributed by atoms with E-state index in [1.54, 1.807) is 11.3 Å². The van der Waals surface area contributed by atoms with Crippen LogP contribution in [0.3, 0.4) is 0 Å². The molecule has 1 aliphatic rings. The summed E-state index contributed by atoms with van der Waals surface area (Å²) in [6, 6.07) is 7.86. The van der Waals surface area contributed by atoms with Crippen LogP contribution >= 0.6 is 47.8 Å². The van der Waals surface area contributed by atoms with E-state index in [0.717, 1.165) is 47.5 Å². The highest BCUT2D eigenvalue weighted by Crippen LogP contribution is 2.30. The fourth-order valence-corrected chi connectivity index (χ4v) is 3.70. The van der Waals surface area contributed by atoms with Crippen molar-refractivity contribution in [2.45, 2.75) is 19.9 Å². The van der Waals surface area contributed by atoms with E-state index in [1.165, 1.54) is 6.42 Å². The van der Waals surface area contributed by atoms with Gasteiger partial charge in [-0.05, 0) is 37.1 Å². The van der Waals surface area contributed by atoms with Gasteiger partial charge in [-0.25, -0.2) is 4.98 Å². The molecule has 7 heteroatoms. The highest BCUT2D eigenvalue weighted by molar-refractivity contribution is 7.13. The van der Waals surface area contributed by atoms with Gasteiger partial charge in [0.05, 0.1) is 5.69 Å². The third-order valence-corrected chi connectivity index (χ3v) is 5.35. The van der Waals surface area contributed by atoms with Gasteiger partial charge in [-0.2, -0.15) is 0 Å². The largest absolute Gasteiger partial charge is 0.330 e. The minimum Gasteiger partial charge on any atom is -0.330 e. The Morgan fingerprint density at radius 1 is 1.30 bits per heavy atom. The first-order valence-corrected chi connectivity index (χ1v) is 8.46. The first-order valence-electron chi connectivity index (χ1n) is 7.21. The number of rotatable bonds is 4. The molecule has 1 atom stereocenters. The molecule has 0 spiro atoms. The number of aromatic nitrogens is 1. The standard InChI is InChI=1S/C16H20ClN3S.2ClH/c1-16(10-18)6-7-20(11-16)8-14-9-21-15(19-14)12-2-4-13(17)5-3-12;;/h2-5,9H,6-8,10-11,18H2,1H3;2*1H. The molecule has 1 fully saturated rings. The molecule has 1 aromatic heterocycles. The second kappa shape index (κ2) is 8.65. The average Bonchev–Trinajstić information content (AvgIpc) is 3.08. The van der Waals surface area contributed by atoms with Crippen LogP contribution in [0.1, 0.15) is 19.0 Å². The number of hydrogen-bond donors (Lipinski definition) is 1. The van der Waals surface area contributed by atoms with Gasteiger partial charge < -0.3 is 5.73 Å². The number of halogens is 3. The van der Waals surface area contributed by atoms with E-state index in [-0.39, 0.29) is 30.2 Å². The van der Waals surface area contributed by atoms with E-state index in [4.69, 9.17) is 22.3 Å². The Hall–Kier alpha value is -0.360. The van der Waals surface area contributed by atoms with Gasteiger partial charge in [0.25, 0.3) is 0 Å². The number of thiazole rings is 1. The quantitative estimate of drug-likeness (QED) is 0.831. The lowest BCUT2D eigenvalue weighted by Crippen LogP contribution is -2.31. The van der Waals surface area contributed by atoms with Crippen LogP contribution in [0.25, 0.3) is 10.6 Å². The lowest BCUT2D eigenvalue weighted by atomic mass is 9.90. The number of nitrogens with zero attached hydrogens (tertiary/aromatic N) is 2. The van der Waals surface area contributed by atoms with Crippen molar-refractivity contribution >= 4 is 47.8 Å². The third-order valence-electron chi connectivity index (χ3n) is 4.16. The van der Waals surface area contributed by atoms with Crippen molar-refractivity contribution in [1.29, 1.82) is 0 Å². The van der Waals surface area contributed by atoms with Crippen molar-refractivity contribution in [2.24, 2.45) is 11.1 Å². The molecule has 0 amide bonds. The van der Waals surface area contributed by atoms with Crippen LogP contribution in [0.5, 0.6) is 0 Å². The van der Waals surface area contributed by atoms with Crippen LogP contribution < -0.4 is 5.73 Å². The molecule has 0 aliphatic carbocycles. The fourth-order valence-electron chi connectivity index (χ4n) is 2.76. The van der Waals surface area contributed by atoms with Gasteiger partial charge in [0.1, 0.15) is 5.01 Å². The average molecular weight is 395 g/mol. The van der Waals surface area contributed by atoms with E-state index in [1.807, 2.05) is 24.3 Å². The minimum absolute atomic E-state index is 0. The van der Waals surface area contributed by atoms with E-state index >= 15 is 0 Å². The number of benzene rings is 1. The van der Waals surface area contributed by atoms with E-state index in [0.29, 0.717) is 0 Å². The molecule has 2 aromatic rings. The van der Waals surface area contributed by atoms with Gasteiger partial charge in [0.15, 0.2) is 0 Å². The highest BCUT2D eigenvalue weighted by atomic mass is 35.5. The van der Waals surface area contributed by atoms with Crippen molar-refractivity contribution < 1.29 is 0 Å². The lowest BCUT2D eigenvalue weighted by Gasteiger charge is -2.22. The Balaban J connectivity index is 0.00000132. The third kappa shape index (κ3) is 5.05. The molecule has 3 rings (SSSR count). The Morgan fingerprint density at radius 2 is 2.00 bits per heavy atom. The molecule has 2 N–H and O–H groups in total. The zero-order valence-electron chi connectivity index (χ0n) is 13.0. The van der Waals surface area contributed by atoms with Crippen LogP contribution in [0.15, 0.2) is 29.6 Å². The normalized spacial score (nSPS) is 20.8. The molecule has 1 aliphatic heterocycles. The van der Waals surface area contributed by atoms with Gasteiger partial charge in [-0.1, -0.05) is 30.7 Å². The predicted molar refractivity (Wildman–Crippen MR) is 104 cm³/mol.